The normalized spacial score (nSPS) is 15.2. The smallest absolute Gasteiger partial charge is 0.312 e. The van der Waals surface area contributed by atoms with Gasteiger partial charge < -0.3 is 5.32 Å². The SMILES string of the molecule is FC(F)(F)c1cc(-n2ncc3c2CCNC3)ccc1Cl. The van der Waals surface area contributed by atoms with Crippen molar-refractivity contribution in [3.05, 3.63) is 46.2 Å². The summed E-state index contributed by atoms with van der Waals surface area (Å²) in [4.78, 5) is 0. The van der Waals surface area contributed by atoms with Crippen LogP contribution >= 0.6 is 11.6 Å². The second kappa shape index (κ2) is 4.79. The highest BCUT2D eigenvalue weighted by Gasteiger charge is 2.33. The largest absolute Gasteiger partial charge is 0.417 e. The quantitative estimate of drug-likeness (QED) is 0.876. The van der Waals surface area contributed by atoms with E-state index < -0.39 is 11.7 Å². The third kappa shape index (κ3) is 2.29. The molecule has 0 saturated carbocycles. The Kier molecular flexibility index (Phi) is 3.22. The number of rotatable bonds is 1. The number of alkyl halides is 3. The molecule has 3 nitrogen and oxygen atoms in total. The van der Waals surface area contributed by atoms with Crippen LogP contribution < -0.4 is 5.32 Å². The molecule has 1 aliphatic heterocycles. The topological polar surface area (TPSA) is 29.9 Å². The Hall–Kier alpha value is -1.53. The highest BCUT2D eigenvalue weighted by atomic mass is 35.5. The Morgan fingerprint density at radius 3 is 2.85 bits per heavy atom. The lowest BCUT2D eigenvalue weighted by Gasteiger charge is -2.16. The van der Waals surface area contributed by atoms with Crippen molar-refractivity contribution >= 4 is 11.6 Å². The molecule has 1 aliphatic rings. The molecule has 0 spiro atoms. The van der Waals surface area contributed by atoms with Crippen LogP contribution in [-0.4, -0.2) is 16.3 Å². The molecule has 2 aromatic rings. The van der Waals surface area contributed by atoms with Crippen molar-refractivity contribution in [2.75, 3.05) is 6.54 Å². The van der Waals surface area contributed by atoms with Crippen molar-refractivity contribution in [2.24, 2.45) is 0 Å². The molecule has 0 atom stereocenters. The zero-order valence-corrected chi connectivity index (χ0v) is 11.1. The van der Waals surface area contributed by atoms with Gasteiger partial charge in [0.1, 0.15) is 0 Å². The lowest BCUT2D eigenvalue weighted by molar-refractivity contribution is -0.137. The van der Waals surface area contributed by atoms with E-state index in [-0.39, 0.29) is 5.02 Å². The molecule has 0 saturated heterocycles. The summed E-state index contributed by atoms with van der Waals surface area (Å²) in [6.45, 7) is 1.48. The highest BCUT2D eigenvalue weighted by Crippen LogP contribution is 2.36. The molecule has 0 amide bonds. The summed E-state index contributed by atoms with van der Waals surface area (Å²) >= 11 is 5.63. The third-order valence-electron chi connectivity index (χ3n) is 3.31. The minimum atomic E-state index is -4.47. The van der Waals surface area contributed by atoms with Crippen LogP contribution in [0.4, 0.5) is 13.2 Å². The first-order valence-corrected chi connectivity index (χ1v) is 6.48. The number of hydrogen-bond donors (Lipinski definition) is 1. The summed E-state index contributed by atoms with van der Waals surface area (Å²) in [5.74, 6) is 0. The monoisotopic (exact) mass is 301 g/mol. The molecule has 0 unspecified atom stereocenters. The van der Waals surface area contributed by atoms with Crippen molar-refractivity contribution in [3.8, 4) is 5.69 Å². The van der Waals surface area contributed by atoms with E-state index in [1.54, 1.807) is 16.9 Å². The van der Waals surface area contributed by atoms with Gasteiger partial charge in [-0.2, -0.15) is 18.3 Å². The number of fused-ring (bicyclic) bond motifs is 1. The van der Waals surface area contributed by atoms with Gasteiger partial charge in [-0.3, -0.25) is 0 Å². The summed E-state index contributed by atoms with van der Waals surface area (Å²) in [7, 11) is 0. The van der Waals surface area contributed by atoms with Crippen LogP contribution in [0.2, 0.25) is 5.02 Å². The van der Waals surface area contributed by atoms with Crippen LogP contribution in [0.1, 0.15) is 16.8 Å². The van der Waals surface area contributed by atoms with Crippen molar-refractivity contribution in [2.45, 2.75) is 19.1 Å². The van der Waals surface area contributed by atoms with Crippen LogP contribution in [0.15, 0.2) is 24.4 Å². The van der Waals surface area contributed by atoms with Gasteiger partial charge in [-0.1, -0.05) is 11.6 Å². The summed E-state index contributed by atoms with van der Waals surface area (Å²) in [5.41, 5.74) is 1.50. The minimum Gasteiger partial charge on any atom is -0.312 e. The number of nitrogens with one attached hydrogen (secondary N) is 1. The molecular weight excluding hydrogens is 291 g/mol. The summed E-state index contributed by atoms with van der Waals surface area (Å²) < 4.78 is 40.2. The van der Waals surface area contributed by atoms with Crippen LogP contribution in [0.25, 0.3) is 5.69 Å². The molecule has 1 aromatic heterocycles. The molecule has 20 heavy (non-hydrogen) atoms. The second-order valence-electron chi connectivity index (χ2n) is 4.62. The Labute approximate surface area is 118 Å². The Bertz CT molecular complexity index is 649. The van der Waals surface area contributed by atoms with Crippen molar-refractivity contribution in [1.29, 1.82) is 0 Å². The predicted molar refractivity (Wildman–Crippen MR) is 69.0 cm³/mol. The first-order valence-electron chi connectivity index (χ1n) is 6.10. The number of benzene rings is 1. The lowest BCUT2D eigenvalue weighted by Crippen LogP contribution is -2.24. The van der Waals surface area contributed by atoms with Crippen molar-refractivity contribution in [1.82, 2.24) is 15.1 Å². The molecule has 0 bridgehead atoms. The zero-order valence-electron chi connectivity index (χ0n) is 10.3. The molecule has 106 valence electrons. The van der Waals surface area contributed by atoms with Gasteiger partial charge in [0.2, 0.25) is 0 Å². The van der Waals surface area contributed by atoms with E-state index in [1.165, 1.54) is 6.07 Å². The van der Waals surface area contributed by atoms with E-state index in [4.69, 9.17) is 11.6 Å². The van der Waals surface area contributed by atoms with Gasteiger partial charge in [0, 0.05) is 30.8 Å². The Balaban J connectivity index is 2.09. The maximum Gasteiger partial charge on any atom is 0.417 e. The van der Waals surface area contributed by atoms with Gasteiger partial charge in [-0.25, -0.2) is 4.68 Å². The van der Waals surface area contributed by atoms with Crippen molar-refractivity contribution in [3.63, 3.8) is 0 Å². The fourth-order valence-electron chi connectivity index (χ4n) is 2.34. The molecule has 7 heteroatoms. The van der Waals surface area contributed by atoms with Gasteiger partial charge in [0.15, 0.2) is 0 Å². The number of halogens is 4. The van der Waals surface area contributed by atoms with Gasteiger partial charge in [0.05, 0.1) is 22.5 Å². The van der Waals surface area contributed by atoms with E-state index in [2.05, 4.69) is 10.4 Å². The Morgan fingerprint density at radius 1 is 1.30 bits per heavy atom. The zero-order chi connectivity index (χ0) is 14.3. The molecule has 0 aliphatic carbocycles. The summed E-state index contributed by atoms with van der Waals surface area (Å²) in [6.07, 6.45) is -2.05. The Morgan fingerprint density at radius 2 is 2.10 bits per heavy atom. The number of aromatic nitrogens is 2. The van der Waals surface area contributed by atoms with Crippen molar-refractivity contribution < 1.29 is 13.2 Å². The standard InChI is InChI=1S/C13H11ClF3N3/c14-11-2-1-9(5-10(11)13(15,16)17)20-12-3-4-18-6-8(12)7-19-20/h1-2,5,7,18H,3-4,6H2. The lowest BCUT2D eigenvalue weighted by atomic mass is 10.1. The molecule has 0 fully saturated rings. The van der Waals surface area contributed by atoms with Crippen LogP contribution in [0.3, 0.4) is 0 Å². The van der Waals surface area contributed by atoms with Gasteiger partial charge in [-0.05, 0) is 18.2 Å². The first kappa shape index (κ1) is 13.5. The van der Waals surface area contributed by atoms with Gasteiger partial charge >= 0.3 is 6.18 Å². The van der Waals surface area contributed by atoms with E-state index in [0.717, 1.165) is 30.3 Å². The van der Waals surface area contributed by atoms with E-state index in [1.807, 2.05) is 0 Å². The van der Waals surface area contributed by atoms with Crippen LogP contribution in [-0.2, 0) is 19.1 Å². The predicted octanol–water partition coefficient (Wildman–Crippen LogP) is 3.19. The maximum atomic E-state index is 12.9. The highest BCUT2D eigenvalue weighted by molar-refractivity contribution is 6.31. The average Bonchev–Trinajstić information content (AvgIpc) is 2.82. The second-order valence-corrected chi connectivity index (χ2v) is 5.02. The molecule has 1 aromatic carbocycles. The summed E-state index contributed by atoms with van der Waals surface area (Å²) in [5, 5.41) is 7.08. The van der Waals surface area contributed by atoms with E-state index in [9.17, 15) is 13.2 Å². The summed E-state index contributed by atoms with van der Waals surface area (Å²) in [6, 6.07) is 3.85. The molecule has 0 radical (unpaired) electrons. The number of nitrogens with zero attached hydrogens (tertiary/aromatic N) is 2. The fraction of sp³-hybridized carbons (Fsp3) is 0.308. The van der Waals surface area contributed by atoms with E-state index in [0.29, 0.717) is 12.2 Å². The van der Waals surface area contributed by atoms with Gasteiger partial charge in [-0.15, -0.1) is 0 Å². The van der Waals surface area contributed by atoms with Crippen LogP contribution in [0.5, 0.6) is 0 Å². The minimum absolute atomic E-state index is 0.302. The van der Waals surface area contributed by atoms with Crippen LogP contribution in [0, 0.1) is 0 Å². The maximum absolute atomic E-state index is 12.9. The van der Waals surface area contributed by atoms with Gasteiger partial charge in [0.25, 0.3) is 0 Å². The third-order valence-corrected chi connectivity index (χ3v) is 3.64. The number of hydrogen-bond acceptors (Lipinski definition) is 2. The molecule has 2 heterocycles. The first-order chi connectivity index (χ1) is 9.47. The van der Waals surface area contributed by atoms with E-state index >= 15 is 0 Å². The molecule has 3 rings (SSSR count). The average molecular weight is 302 g/mol. The molecular formula is C13H11ClF3N3. The molecule has 1 N–H and O–H groups in total. The fourth-order valence-corrected chi connectivity index (χ4v) is 2.56.